The van der Waals surface area contributed by atoms with Crippen LogP contribution in [0.15, 0.2) is 6.33 Å². The Bertz CT molecular complexity index is 245. The number of aromatic nitrogens is 2. The number of halogens is 1. The van der Waals surface area contributed by atoms with Gasteiger partial charge in [0.05, 0.1) is 0 Å². The molecule has 0 saturated heterocycles. The molecule has 1 aliphatic rings. The molecule has 2 rings (SSSR count). The van der Waals surface area contributed by atoms with Gasteiger partial charge >= 0.3 is 0 Å². The topological polar surface area (TPSA) is 37.8 Å². The second kappa shape index (κ2) is 3.18. The number of rotatable bonds is 4. The highest BCUT2D eigenvalue weighted by Gasteiger charge is 2.41. The van der Waals surface area contributed by atoms with E-state index in [1.165, 1.54) is 24.4 Å². The van der Waals surface area contributed by atoms with Crippen molar-refractivity contribution in [3.05, 3.63) is 6.33 Å². The molecule has 1 saturated carbocycles. The molecule has 0 aromatic carbocycles. The lowest BCUT2D eigenvalue weighted by molar-refractivity contribution is 0.618. The molecule has 1 N–H and O–H groups in total. The van der Waals surface area contributed by atoms with E-state index in [-0.39, 0.29) is 0 Å². The second-order valence-electron chi connectivity index (χ2n) is 3.23. The van der Waals surface area contributed by atoms with Crippen molar-refractivity contribution in [3.8, 4) is 0 Å². The van der Waals surface area contributed by atoms with E-state index in [1.807, 2.05) is 0 Å². The fourth-order valence-electron chi connectivity index (χ4n) is 1.05. The van der Waals surface area contributed by atoms with Crippen LogP contribution in [-0.4, -0.2) is 21.8 Å². The standard InChI is InChI=1S/C7H10ClN3S/c8-3-7(1-2-7)4-9-6-10-5-11-12-6/h5H,1-4H2,(H,9,10,11). The van der Waals surface area contributed by atoms with Gasteiger partial charge in [0.25, 0.3) is 0 Å². The SMILES string of the molecule is ClCC1(CNc2ncns2)CC1. The van der Waals surface area contributed by atoms with Gasteiger partial charge in [-0.25, -0.2) is 4.98 Å². The van der Waals surface area contributed by atoms with Gasteiger partial charge in [-0.15, -0.1) is 11.6 Å². The van der Waals surface area contributed by atoms with Crippen LogP contribution in [0.5, 0.6) is 0 Å². The van der Waals surface area contributed by atoms with E-state index in [0.717, 1.165) is 17.6 Å². The Balaban J connectivity index is 1.83. The first-order valence-electron chi connectivity index (χ1n) is 3.91. The minimum atomic E-state index is 0.354. The lowest BCUT2D eigenvalue weighted by Gasteiger charge is -2.10. The Morgan fingerprint density at radius 2 is 2.50 bits per heavy atom. The molecule has 1 aromatic heterocycles. The highest BCUT2D eigenvalue weighted by Crippen LogP contribution is 2.46. The molecule has 1 aliphatic carbocycles. The van der Waals surface area contributed by atoms with Gasteiger partial charge in [0.1, 0.15) is 6.33 Å². The average molecular weight is 204 g/mol. The number of anilines is 1. The molecule has 5 heteroatoms. The molecular formula is C7H10ClN3S. The van der Waals surface area contributed by atoms with E-state index in [4.69, 9.17) is 11.6 Å². The van der Waals surface area contributed by atoms with E-state index in [9.17, 15) is 0 Å². The van der Waals surface area contributed by atoms with Gasteiger partial charge in [0, 0.05) is 29.4 Å². The summed E-state index contributed by atoms with van der Waals surface area (Å²) in [6, 6.07) is 0. The van der Waals surface area contributed by atoms with Crippen LogP contribution >= 0.6 is 23.1 Å². The van der Waals surface area contributed by atoms with Gasteiger partial charge in [0.2, 0.25) is 5.13 Å². The number of alkyl halides is 1. The summed E-state index contributed by atoms with van der Waals surface area (Å²) in [6.45, 7) is 0.936. The normalized spacial score (nSPS) is 19.1. The summed E-state index contributed by atoms with van der Waals surface area (Å²) in [5, 5.41) is 4.13. The van der Waals surface area contributed by atoms with Crippen molar-refractivity contribution in [2.24, 2.45) is 5.41 Å². The second-order valence-corrected chi connectivity index (χ2v) is 4.28. The van der Waals surface area contributed by atoms with Gasteiger partial charge in [-0.1, -0.05) is 0 Å². The molecule has 0 atom stereocenters. The smallest absolute Gasteiger partial charge is 0.202 e. The highest BCUT2D eigenvalue weighted by molar-refractivity contribution is 7.09. The molecule has 3 nitrogen and oxygen atoms in total. The van der Waals surface area contributed by atoms with E-state index >= 15 is 0 Å². The van der Waals surface area contributed by atoms with Gasteiger partial charge in [0.15, 0.2) is 0 Å². The van der Waals surface area contributed by atoms with Crippen LogP contribution in [0.25, 0.3) is 0 Å². The molecule has 0 aliphatic heterocycles. The maximum absolute atomic E-state index is 5.82. The minimum Gasteiger partial charge on any atom is -0.360 e. The molecular weight excluding hydrogens is 194 g/mol. The van der Waals surface area contributed by atoms with Crippen molar-refractivity contribution in [2.45, 2.75) is 12.8 Å². The Morgan fingerprint density at radius 1 is 1.67 bits per heavy atom. The van der Waals surface area contributed by atoms with Gasteiger partial charge in [-0.05, 0) is 12.8 Å². The molecule has 0 amide bonds. The summed E-state index contributed by atoms with van der Waals surface area (Å²) in [6.07, 6.45) is 4.04. The van der Waals surface area contributed by atoms with Gasteiger partial charge in [-0.2, -0.15) is 4.37 Å². The van der Waals surface area contributed by atoms with E-state index in [1.54, 1.807) is 6.33 Å². The summed E-state index contributed by atoms with van der Waals surface area (Å²) < 4.78 is 3.90. The molecule has 1 fully saturated rings. The van der Waals surface area contributed by atoms with Crippen molar-refractivity contribution < 1.29 is 0 Å². The Kier molecular flexibility index (Phi) is 2.19. The van der Waals surface area contributed by atoms with Crippen molar-refractivity contribution in [1.29, 1.82) is 0 Å². The van der Waals surface area contributed by atoms with Crippen LogP contribution in [0.3, 0.4) is 0 Å². The fourth-order valence-corrected chi connectivity index (χ4v) is 1.84. The van der Waals surface area contributed by atoms with Crippen LogP contribution in [0.1, 0.15) is 12.8 Å². The van der Waals surface area contributed by atoms with Crippen LogP contribution in [0, 0.1) is 5.41 Å². The highest BCUT2D eigenvalue weighted by atomic mass is 35.5. The summed E-state index contributed by atoms with van der Waals surface area (Å²) in [5.74, 6) is 0.749. The summed E-state index contributed by atoms with van der Waals surface area (Å²) >= 11 is 7.21. The summed E-state index contributed by atoms with van der Waals surface area (Å²) in [4.78, 5) is 4.03. The zero-order valence-corrected chi connectivity index (χ0v) is 8.16. The lowest BCUT2D eigenvalue weighted by Crippen LogP contribution is -2.16. The number of nitrogens with one attached hydrogen (secondary N) is 1. The average Bonchev–Trinajstić information content (AvgIpc) is 2.70. The Morgan fingerprint density at radius 3 is 3.00 bits per heavy atom. The third kappa shape index (κ3) is 1.69. The molecule has 0 radical (unpaired) electrons. The predicted octanol–water partition coefficient (Wildman–Crippen LogP) is 1.97. The van der Waals surface area contributed by atoms with Crippen LogP contribution in [0.2, 0.25) is 0 Å². The summed E-state index contributed by atoms with van der Waals surface area (Å²) in [5.41, 5.74) is 0.354. The van der Waals surface area contributed by atoms with Gasteiger partial charge < -0.3 is 5.32 Å². The monoisotopic (exact) mass is 203 g/mol. The third-order valence-electron chi connectivity index (χ3n) is 2.22. The first-order valence-corrected chi connectivity index (χ1v) is 5.22. The van der Waals surface area contributed by atoms with Crippen molar-refractivity contribution in [1.82, 2.24) is 9.36 Å². The van der Waals surface area contributed by atoms with E-state index < -0.39 is 0 Å². The first kappa shape index (κ1) is 8.26. The number of nitrogens with zero attached hydrogens (tertiary/aromatic N) is 2. The van der Waals surface area contributed by atoms with E-state index in [0.29, 0.717) is 5.41 Å². The number of hydrogen-bond donors (Lipinski definition) is 1. The van der Waals surface area contributed by atoms with E-state index in [2.05, 4.69) is 14.7 Å². The summed E-state index contributed by atoms with van der Waals surface area (Å²) in [7, 11) is 0. The Hall–Kier alpha value is -0.350. The molecule has 12 heavy (non-hydrogen) atoms. The van der Waals surface area contributed by atoms with Gasteiger partial charge in [-0.3, -0.25) is 0 Å². The zero-order valence-electron chi connectivity index (χ0n) is 6.59. The maximum atomic E-state index is 5.82. The number of hydrogen-bond acceptors (Lipinski definition) is 4. The predicted molar refractivity (Wildman–Crippen MR) is 50.8 cm³/mol. The molecule has 0 bridgehead atoms. The minimum absolute atomic E-state index is 0.354. The lowest BCUT2D eigenvalue weighted by atomic mass is 10.1. The quantitative estimate of drug-likeness (QED) is 0.761. The molecule has 66 valence electrons. The maximum Gasteiger partial charge on any atom is 0.202 e. The Labute approximate surface area is 80.3 Å². The molecule has 1 aromatic rings. The molecule has 0 unspecified atom stereocenters. The largest absolute Gasteiger partial charge is 0.360 e. The third-order valence-corrected chi connectivity index (χ3v) is 3.41. The van der Waals surface area contributed by atoms with Crippen molar-refractivity contribution in [2.75, 3.05) is 17.7 Å². The molecule has 0 spiro atoms. The van der Waals surface area contributed by atoms with Crippen molar-refractivity contribution >= 4 is 28.3 Å². The zero-order chi connectivity index (χ0) is 8.44. The fraction of sp³-hybridized carbons (Fsp3) is 0.714. The van der Waals surface area contributed by atoms with Crippen molar-refractivity contribution in [3.63, 3.8) is 0 Å². The van der Waals surface area contributed by atoms with Crippen LogP contribution < -0.4 is 5.32 Å². The first-order chi connectivity index (χ1) is 5.85. The van der Waals surface area contributed by atoms with Crippen LogP contribution in [0.4, 0.5) is 5.13 Å². The molecule has 1 heterocycles. The van der Waals surface area contributed by atoms with Crippen LogP contribution in [-0.2, 0) is 0 Å².